The van der Waals surface area contributed by atoms with Crippen LogP contribution < -0.4 is 28.6 Å². The molecule has 0 radical (unpaired) electrons. The summed E-state index contributed by atoms with van der Waals surface area (Å²) in [6.45, 7) is 0.0482. The molecule has 40 heavy (non-hydrogen) atoms. The summed E-state index contributed by atoms with van der Waals surface area (Å²) in [5, 5.41) is 2.94. The molecule has 14 heteroatoms. The number of benzene rings is 3. The van der Waals surface area contributed by atoms with Gasteiger partial charge < -0.3 is 19.5 Å². The Labute approximate surface area is 239 Å². The molecular formula is C26H30ClN3O8S2. The quantitative estimate of drug-likeness (QED) is 0.291. The first kappa shape index (κ1) is 30.9. The van der Waals surface area contributed by atoms with E-state index in [1.54, 1.807) is 24.3 Å². The molecule has 3 aromatic carbocycles. The van der Waals surface area contributed by atoms with Crippen LogP contribution >= 0.6 is 11.6 Å². The fourth-order valence-corrected chi connectivity index (χ4v) is 5.99. The maximum Gasteiger partial charge on any atom is 0.262 e. The van der Waals surface area contributed by atoms with Crippen LogP contribution in [0.1, 0.15) is 12.8 Å². The molecule has 0 spiro atoms. The summed E-state index contributed by atoms with van der Waals surface area (Å²) in [5.74, 6) is 0.844. The van der Waals surface area contributed by atoms with Gasteiger partial charge in [0.05, 0.1) is 48.9 Å². The number of methoxy groups -OCH3 is 3. The number of rotatable bonds is 13. The van der Waals surface area contributed by atoms with E-state index in [1.807, 2.05) is 0 Å². The Hall–Kier alpha value is -3.68. The third-order valence-corrected chi connectivity index (χ3v) is 8.56. The van der Waals surface area contributed by atoms with Crippen molar-refractivity contribution < 1.29 is 35.8 Å². The summed E-state index contributed by atoms with van der Waals surface area (Å²) >= 11 is 6.14. The largest absolute Gasteiger partial charge is 0.497 e. The molecule has 1 amide bonds. The number of ether oxygens (including phenoxy) is 3. The van der Waals surface area contributed by atoms with Gasteiger partial charge in [-0.25, -0.2) is 16.8 Å². The number of hydrogen-bond donors (Lipinski definition) is 2. The van der Waals surface area contributed by atoms with Crippen molar-refractivity contribution in [1.82, 2.24) is 0 Å². The molecule has 0 aliphatic carbocycles. The Bertz CT molecular complexity index is 1560. The molecule has 0 aliphatic rings. The van der Waals surface area contributed by atoms with Crippen molar-refractivity contribution in [3.63, 3.8) is 0 Å². The number of sulfonamides is 2. The predicted molar refractivity (Wildman–Crippen MR) is 155 cm³/mol. The zero-order valence-electron chi connectivity index (χ0n) is 22.3. The summed E-state index contributed by atoms with van der Waals surface area (Å²) in [6, 6.07) is 14.9. The summed E-state index contributed by atoms with van der Waals surface area (Å²) in [4.78, 5) is 12.5. The Balaban J connectivity index is 1.61. The molecule has 0 atom stereocenters. The first-order valence-electron chi connectivity index (χ1n) is 11.8. The standard InChI is InChI=1S/C26H30ClN3O8S2/c1-36-20-10-13-23(25(17-20)38-3)29-40(34,35)21-11-7-18(8-12-21)28-26(31)6-5-15-30(39(4,32)33)19-9-14-24(37-2)22(27)16-19/h7-14,16-17,29H,5-6,15H2,1-4H3,(H,28,31). The van der Waals surface area contributed by atoms with E-state index in [2.05, 4.69) is 10.0 Å². The van der Waals surface area contributed by atoms with Crippen LogP contribution in [-0.4, -0.2) is 56.9 Å². The second-order valence-electron chi connectivity index (χ2n) is 8.50. The molecule has 216 valence electrons. The van der Waals surface area contributed by atoms with E-state index in [-0.39, 0.29) is 46.6 Å². The van der Waals surface area contributed by atoms with Gasteiger partial charge in [0.15, 0.2) is 0 Å². The van der Waals surface area contributed by atoms with Gasteiger partial charge in [-0.05, 0) is 61.0 Å². The zero-order valence-corrected chi connectivity index (χ0v) is 24.7. The molecule has 0 bridgehead atoms. The highest BCUT2D eigenvalue weighted by atomic mass is 35.5. The lowest BCUT2D eigenvalue weighted by Crippen LogP contribution is -2.31. The number of carbonyl (C=O) groups excluding carboxylic acids is 1. The van der Waals surface area contributed by atoms with Crippen molar-refractivity contribution in [2.24, 2.45) is 0 Å². The lowest BCUT2D eigenvalue weighted by atomic mass is 10.2. The molecule has 3 rings (SSSR count). The second-order valence-corrected chi connectivity index (χ2v) is 12.5. The maximum absolute atomic E-state index is 12.9. The summed E-state index contributed by atoms with van der Waals surface area (Å²) in [7, 11) is -3.22. The highest BCUT2D eigenvalue weighted by Gasteiger charge is 2.20. The van der Waals surface area contributed by atoms with Crippen molar-refractivity contribution in [3.05, 3.63) is 65.7 Å². The average molecular weight is 612 g/mol. The molecule has 0 saturated carbocycles. The lowest BCUT2D eigenvalue weighted by molar-refractivity contribution is -0.116. The van der Waals surface area contributed by atoms with Gasteiger partial charge in [0, 0.05) is 24.7 Å². The lowest BCUT2D eigenvalue weighted by Gasteiger charge is -2.23. The van der Waals surface area contributed by atoms with Gasteiger partial charge in [-0.3, -0.25) is 13.8 Å². The van der Waals surface area contributed by atoms with Gasteiger partial charge >= 0.3 is 0 Å². The van der Waals surface area contributed by atoms with E-state index in [0.717, 1.165) is 10.6 Å². The fourth-order valence-electron chi connectivity index (χ4n) is 3.71. The van der Waals surface area contributed by atoms with Crippen LogP contribution in [0.2, 0.25) is 5.02 Å². The Morgan fingerprint density at radius 1 is 0.875 bits per heavy atom. The first-order chi connectivity index (χ1) is 18.9. The van der Waals surface area contributed by atoms with Gasteiger partial charge in [0.2, 0.25) is 15.9 Å². The number of hydrogen-bond acceptors (Lipinski definition) is 8. The summed E-state index contributed by atoms with van der Waals surface area (Å²) in [6.07, 6.45) is 1.32. The molecule has 0 aromatic heterocycles. The van der Waals surface area contributed by atoms with E-state index in [9.17, 15) is 21.6 Å². The van der Waals surface area contributed by atoms with E-state index < -0.39 is 20.0 Å². The maximum atomic E-state index is 12.9. The van der Waals surface area contributed by atoms with Gasteiger partial charge in [-0.1, -0.05) is 11.6 Å². The summed E-state index contributed by atoms with van der Waals surface area (Å²) in [5.41, 5.74) is 0.972. The predicted octanol–water partition coefficient (Wildman–Crippen LogP) is 4.35. The van der Waals surface area contributed by atoms with E-state index >= 15 is 0 Å². The number of halogens is 1. The minimum absolute atomic E-state index is 0.0226. The third-order valence-electron chi connectivity index (χ3n) is 5.69. The van der Waals surface area contributed by atoms with E-state index in [0.29, 0.717) is 22.9 Å². The minimum atomic E-state index is -3.95. The smallest absolute Gasteiger partial charge is 0.262 e. The van der Waals surface area contributed by atoms with Crippen molar-refractivity contribution >= 4 is 54.6 Å². The van der Waals surface area contributed by atoms with Crippen LogP contribution in [0.3, 0.4) is 0 Å². The van der Waals surface area contributed by atoms with Crippen molar-refractivity contribution in [1.29, 1.82) is 0 Å². The Kier molecular flexibility index (Phi) is 10.1. The molecule has 3 aromatic rings. The number of nitrogens with zero attached hydrogens (tertiary/aromatic N) is 1. The van der Waals surface area contributed by atoms with Gasteiger partial charge in [-0.15, -0.1) is 0 Å². The number of anilines is 3. The molecule has 0 heterocycles. The topological polar surface area (TPSA) is 140 Å². The monoisotopic (exact) mass is 611 g/mol. The van der Waals surface area contributed by atoms with Crippen LogP contribution in [-0.2, 0) is 24.8 Å². The number of nitrogens with one attached hydrogen (secondary N) is 2. The van der Waals surface area contributed by atoms with Crippen LogP contribution in [0.25, 0.3) is 0 Å². The Morgan fingerprint density at radius 3 is 2.12 bits per heavy atom. The van der Waals surface area contributed by atoms with Crippen molar-refractivity contribution in [2.75, 3.05) is 48.5 Å². The highest BCUT2D eigenvalue weighted by molar-refractivity contribution is 7.92. The highest BCUT2D eigenvalue weighted by Crippen LogP contribution is 2.32. The van der Waals surface area contributed by atoms with Crippen LogP contribution in [0.5, 0.6) is 17.2 Å². The van der Waals surface area contributed by atoms with Gasteiger partial charge in [-0.2, -0.15) is 0 Å². The van der Waals surface area contributed by atoms with Crippen molar-refractivity contribution in [3.8, 4) is 17.2 Å². The SMILES string of the molecule is COc1ccc(NS(=O)(=O)c2ccc(NC(=O)CCCN(c3ccc(OC)c(Cl)c3)S(C)(=O)=O)cc2)c(OC)c1. The molecule has 0 saturated heterocycles. The van der Waals surface area contributed by atoms with Crippen LogP contribution in [0.4, 0.5) is 17.1 Å². The second kappa shape index (κ2) is 13.1. The first-order valence-corrected chi connectivity index (χ1v) is 15.5. The van der Waals surface area contributed by atoms with Crippen molar-refractivity contribution in [2.45, 2.75) is 17.7 Å². The van der Waals surface area contributed by atoms with E-state index in [4.69, 9.17) is 25.8 Å². The van der Waals surface area contributed by atoms with E-state index in [1.165, 1.54) is 57.7 Å². The fraction of sp³-hybridized carbons (Fsp3) is 0.269. The minimum Gasteiger partial charge on any atom is -0.497 e. The molecule has 0 fully saturated rings. The third kappa shape index (κ3) is 7.93. The Morgan fingerprint density at radius 2 is 1.55 bits per heavy atom. The van der Waals surface area contributed by atoms with Crippen LogP contribution in [0.15, 0.2) is 65.6 Å². The van der Waals surface area contributed by atoms with Gasteiger partial charge in [0.25, 0.3) is 10.0 Å². The molecule has 0 aliphatic heterocycles. The molecule has 2 N–H and O–H groups in total. The molecule has 0 unspecified atom stereocenters. The summed E-state index contributed by atoms with van der Waals surface area (Å²) < 4.78 is 69.5. The normalized spacial score (nSPS) is 11.4. The average Bonchev–Trinajstić information content (AvgIpc) is 2.90. The van der Waals surface area contributed by atoms with Gasteiger partial charge in [0.1, 0.15) is 17.2 Å². The molecular weight excluding hydrogens is 582 g/mol. The zero-order chi connectivity index (χ0) is 29.5. The number of amides is 1. The molecule has 11 nitrogen and oxygen atoms in total. The van der Waals surface area contributed by atoms with Crippen LogP contribution in [0, 0.1) is 0 Å². The number of carbonyl (C=O) groups is 1.